The third-order valence-electron chi connectivity index (χ3n) is 2.51. The van der Waals surface area contributed by atoms with Crippen LogP contribution in [-0.4, -0.2) is 17.8 Å². The second-order valence-electron chi connectivity index (χ2n) is 3.83. The Bertz CT molecular complexity index is 559. The molecule has 0 fully saturated rings. The first-order valence-corrected chi connectivity index (χ1v) is 5.54. The summed E-state index contributed by atoms with van der Waals surface area (Å²) in [5.41, 5.74) is 0.101. The molecule has 1 aromatic heterocycles. The molecule has 1 N–H and O–H groups in total. The van der Waals surface area contributed by atoms with E-state index in [-0.39, 0.29) is 12.2 Å². The lowest BCUT2D eigenvalue weighted by molar-refractivity contribution is 0.104. The molecule has 2 rings (SSSR count). The van der Waals surface area contributed by atoms with E-state index >= 15 is 0 Å². The Labute approximate surface area is 98.4 Å². The molecule has 0 saturated heterocycles. The summed E-state index contributed by atoms with van der Waals surface area (Å²) in [7, 11) is 0. The Balaban J connectivity index is 2.22. The number of hydrogen-bond donors (Lipinski definition) is 1. The Hall–Kier alpha value is -1.81. The van der Waals surface area contributed by atoms with E-state index in [1.165, 1.54) is 6.07 Å². The van der Waals surface area contributed by atoms with Crippen molar-refractivity contribution in [3.8, 4) is 5.75 Å². The van der Waals surface area contributed by atoms with Crippen LogP contribution in [0.2, 0.25) is 0 Å². The van der Waals surface area contributed by atoms with Crippen LogP contribution >= 0.6 is 0 Å². The highest BCUT2D eigenvalue weighted by Crippen LogP contribution is 2.19. The van der Waals surface area contributed by atoms with Gasteiger partial charge in [-0.2, -0.15) is 0 Å². The van der Waals surface area contributed by atoms with Gasteiger partial charge in [0.2, 0.25) is 0 Å². The van der Waals surface area contributed by atoms with Crippen LogP contribution in [0.5, 0.6) is 5.75 Å². The Morgan fingerprint density at radius 2 is 2.12 bits per heavy atom. The van der Waals surface area contributed by atoms with Crippen molar-refractivity contribution in [3.05, 3.63) is 40.8 Å². The van der Waals surface area contributed by atoms with Crippen molar-refractivity contribution in [2.24, 2.45) is 0 Å². The van der Waals surface area contributed by atoms with E-state index in [2.05, 4.69) is 0 Å². The molecular weight excluding hydrogens is 220 g/mol. The minimum absolute atomic E-state index is 0.235. The molecule has 1 unspecified atom stereocenters. The molecular formula is C13H14O4. The number of fused-ring (bicyclic) bond motifs is 1. The second-order valence-corrected chi connectivity index (χ2v) is 3.83. The number of aliphatic hydroxyl groups excluding tert-OH is 1. The third kappa shape index (κ3) is 2.85. The normalized spacial score (nSPS) is 12.6. The number of hydrogen-bond acceptors (Lipinski definition) is 4. The van der Waals surface area contributed by atoms with Crippen LogP contribution in [0.1, 0.15) is 13.3 Å². The fourth-order valence-electron chi connectivity index (χ4n) is 1.44. The van der Waals surface area contributed by atoms with Gasteiger partial charge in [0.25, 0.3) is 0 Å². The fourth-order valence-corrected chi connectivity index (χ4v) is 1.44. The Morgan fingerprint density at radius 1 is 1.35 bits per heavy atom. The monoisotopic (exact) mass is 234 g/mol. The van der Waals surface area contributed by atoms with E-state index in [4.69, 9.17) is 9.15 Å². The van der Waals surface area contributed by atoms with Crippen molar-refractivity contribution in [1.29, 1.82) is 0 Å². The van der Waals surface area contributed by atoms with Gasteiger partial charge >= 0.3 is 5.63 Å². The van der Waals surface area contributed by atoms with Crippen molar-refractivity contribution in [2.75, 3.05) is 6.61 Å². The summed E-state index contributed by atoms with van der Waals surface area (Å²) in [5.74, 6) is 0.583. The minimum atomic E-state index is -0.478. The molecule has 90 valence electrons. The SMILES string of the molecule is CCC(O)COc1ccc2ccc(=O)oc2c1. The highest BCUT2D eigenvalue weighted by molar-refractivity contribution is 5.77. The van der Waals surface area contributed by atoms with Crippen molar-refractivity contribution >= 4 is 11.0 Å². The van der Waals surface area contributed by atoms with E-state index < -0.39 is 6.10 Å². The van der Waals surface area contributed by atoms with Gasteiger partial charge < -0.3 is 14.3 Å². The van der Waals surface area contributed by atoms with Gasteiger partial charge in [0, 0.05) is 17.5 Å². The maximum Gasteiger partial charge on any atom is 0.336 e. The lowest BCUT2D eigenvalue weighted by Gasteiger charge is -2.10. The summed E-state index contributed by atoms with van der Waals surface area (Å²) < 4.78 is 10.4. The lowest BCUT2D eigenvalue weighted by Crippen LogP contribution is -2.15. The van der Waals surface area contributed by atoms with Gasteiger partial charge in [-0.15, -0.1) is 0 Å². The summed E-state index contributed by atoms with van der Waals surface area (Å²) >= 11 is 0. The zero-order chi connectivity index (χ0) is 12.3. The standard InChI is InChI=1S/C13H14O4/c1-2-10(14)8-16-11-5-3-9-4-6-13(15)17-12(9)7-11/h3-7,10,14H,2,8H2,1H3. The van der Waals surface area contributed by atoms with Gasteiger partial charge in [-0.1, -0.05) is 6.92 Å². The number of rotatable bonds is 4. The fraction of sp³-hybridized carbons (Fsp3) is 0.308. The van der Waals surface area contributed by atoms with E-state index in [9.17, 15) is 9.90 Å². The van der Waals surface area contributed by atoms with Gasteiger partial charge in [0.15, 0.2) is 0 Å². The Morgan fingerprint density at radius 3 is 2.88 bits per heavy atom. The van der Waals surface area contributed by atoms with Crippen LogP contribution in [0.3, 0.4) is 0 Å². The molecule has 0 radical (unpaired) electrons. The Kier molecular flexibility index (Phi) is 3.44. The summed E-state index contributed by atoms with van der Waals surface area (Å²) in [5, 5.41) is 10.2. The molecule has 17 heavy (non-hydrogen) atoms. The maximum absolute atomic E-state index is 11.1. The molecule has 4 nitrogen and oxygen atoms in total. The number of benzene rings is 1. The molecule has 0 amide bonds. The molecule has 1 heterocycles. The first kappa shape index (κ1) is 11.7. The molecule has 1 aromatic carbocycles. The minimum Gasteiger partial charge on any atom is -0.491 e. The van der Waals surface area contributed by atoms with Gasteiger partial charge in [-0.25, -0.2) is 4.79 Å². The van der Waals surface area contributed by atoms with Gasteiger partial charge in [-0.05, 0) is 24.6 Å². The van der Waals surface area contributed by atoms with Gasteiger partial charge in [-0.3, -0.25) is 0 Å². The van der Waals surface area contributed by atoms with Crippen molar-refractivity contribution < 1.29 is 14.3 Å². The van der Waals surface area contributed by atoms with Crippen LogP contribution in [0.15, 0.2) is 39.5 Å². The maximum atomic E-state index is 11.1. The van der Waals surface area contributed by atoms with Crippen molar-refractivity contribution in [2.45, 2.75) is 19.4 Å². The summed E-state index contributed by atoms with van der Waals surface area (Å²) in [6.07, 6.45) is 0.163. The molecule has 0 aliphatic heterocycles. The molecule has 1 atom stereocenters. The zero-order valence-corrected chi connectivity index (χ0v) is 9.55. The first-order chi connectivity index (χ1) is 8.19. The van der Waals surface area contributed by atoms with Crippen LogP contribution in [0.25, 0.3) is 11.0 Å². The largest absolute Gasteiger partial charge is 0.491 e. The zero-order valence-electron chi connectivity index (χ0n) is 9.55. The molecule has 0 aliphatic rings. The molecule has 0 aliphatic carbocycles. The quantitative estimate of drug-likeness (QED) is 0.821. The third-order valence-corrected chi connectivity index (χ3v) is 2.51. The molecule has 2 aromatic rings. The van der Waals surface area contributed by atoms with Crippen LogP contribution < -0.4 is 10.4 Å². The van der Waals surface area contributed by atoms with Crippen molar-refractivity contribution in [1.82, 2.24) is 0 Å². The number of ether oxygens (including phenoxy) is 1. The van der Waals surface area contributed by atoms with Crippen LogP contribution in [0, 0.1) is 0 Å². The van der Waals surface area contributed by atoms with Crippen LogP contribution in [-0.2, 0) is 0 Å². The highest BCUT2D eigenvalue weighted by atomic mass is 16.5. The van der Waals surface area contributed by atoms with Crippen molar-refractivity contribution in [3.63, 3.8) is 0 Å². The van der Waals surface area contributed by atoms with Gasteiger partial charge in [0.05, 0.1) is 6.10 Å². The van der Waals surface area contributed by atoms with E-state index in [1.807, 2.05) is 13.0 Å². The predicted molar refractivity (Wildman–Crippen MR) is 64.3 cm³/mol. The lowest BCUT2D eigenvalue weighted by atomic mass is 10.2. The molecule has 4 heteroatoms. The molecule has 0 bridgehead atoms. The highest BCUT2D eigenvalue weighted by Gasteiger charge is 2.04. The average Bonchev–Trinajstić information content (AvgIpc) is 2.35. The van der Waals surface area contributed by atoms with Gasteiger partial charge in [0.1, 0.15) is 17.9 Å². The van der Waals surface area contributed by atoms with E-state index in [1.54, 1.807) is 18.2 Å². The summed E-state index contributed by atoms with van der Waals surface area (Å²) in [4.78, 5) is 11.1. The molecule has 0 spiro atoms. The first-order valence-electron chi connectivity index (χ1n) is 5.54. The average molecular weight is 234 g/mol. The number of aliphatic hydroxyl groups is 1. The summed E-state index contributed by atoms with van der Waals surface area (Å²) in [6.45, 7) is 2.12. The predicted octanol–water partition coefficient (Wildman–Crippen LogP) is 1.94. The van der Waals surface area contributed by atoms with E-state index in [0.29, 0.717) is 17.8 Å². The topological polar surface area (TPSA) is 59.7 Å². The molecule has 0 saturated carbocycles. The van der Waals surface area contributed by atoms with E-state index in [0.717, 1.165) is 5.39 Å². The summed E-state index contributed by atoms with van der Waals surface area (Å²) in [6, 6.07) is 8.32. The second kappa shape index (κ2) is 5.01. The smallest absolute Gasteiger partial charge is 0.336 e. The van der Waals surface area contributed by atoms with Crippen LogP contribution in [0.4, 0.5) is 0 Å².